The second-order valence-electron chi connectivity index (χ2n) is 6.75. The third-order valence-corrected chi connectivity index (χ3v) is 7.13. The molecule has 2 aliphatic heterocycles. The average Bonchev–Trinajstić information content (AvgIpc) is 3.24. The molecule has 3 aliphatic rings. The number of nitrogens with zero attached hydrogens (tertiary/aromatic N) is 4. The zero-order chi connectivity index (χ0) is 15.9. The molecule has 1 aliphatic carbocycles. The molecule has 1 amide bonds. The van der Waals surface area contributed by atoms with Gasteiger partial charge in [-0.25, -0.2) is 0 Å². The average molecular weight is 330 g/mol. The monoisotopic (exact) mass is 330 g/mol. The second-order valence-corrected chi connectivity index (χ2v) is 8.68. The summed E-state index contributed by atoms with van der Waals surface area (Å²) in [6, 6.07) is 0. The van der Waals surface area contributed by atoms with Crippen LogP contribution in [-0.2, 0) is 15.0 Å². The molecule has 1 saturated carbocycles. The fraction of sp³-hybridized carbons (Fsp3) is 0.929. The van der Waals surface area contributed by atoms with Crippen LogP contribution in [0.1, 0.15) is 13.3 Å². The summed E-state index contributed by atoms with van der Waals surface area (Å²) in [7, 11) is -1.36. The molecule has 0 radical (unpaired) electrons. The van der Waals surface area contributed by atoms with E-state index in [-0.39, 0.29) is 11.8 Å². The van der Waals surface area contributed by atoms with Crippen molar-refractivity contribution >= 4 is 16.1 Å². The van der Waals surface area contributed by atoms with Gasteiger partial charge in [-0.05, 0) is 19.4 Å². The van der Waals surface area contributed by atoms with Crippen molar-refractivity contribution in [1.82, 2.24) is 18.4 Å². The Hall–Kier alpha value is -0.700. The third kappa shape index (κ3) is 3.15. The minimum Gasteiger partial charge on any atom is -0.340 e. The van der Waals surface area contributed by atoms with E-state index >= 15 is 0 Å². The van der Waals surface area contributed by atoms with Crippen molar-refractivity contribution in [3.05, 3.63) is 0 Å². The van der Waals surface area contributed by atoms with Crippen molar-refractivity contribution in [2.75, 3.05) is 59.4 Å². The highest BCUT2D eigenvalue weighted by Crippen LogP contribution is 2.39. The molecular weight excluding hydrogens is 304 g/mol. The van der Waals surface area contributed by atoms with Gasteiger partial charge in [-0.2, -0.15) is 17.0 Å². The molecule has 2 saturated heterocycles. The fourth-order valence-electron chi connectivity index (χ4n) is 3.22. The largest absolute Gasteiger partial charge is 0.340 e. The van der Waals surface area contributed by atoms with Gasteiger partial charge in [0.15, 0.2) is 0 Å². The molecule has 22 heavy (non-hydrogen) atoms. The summed E-state index contributed by atoms with van der Waals surface area (Å²) in [4.78, 5) is 16.2. The van der Waals surface area contributed by atoms with Gasteiger partial charge < -0.3 is 9.80 Å². The molecule has 0 unspecified atom stereocenters. The first-order valence-electron chi connectivity index (χ1n) is 8.12. The van der Waals surface area contributed by atoms with Crippen LogP contribution in [0.25, 0.3) is 0 Å². The highest BCUT2D eigenvalue weighted by atomic mass is 32.2. The van der Waals surface area contributed by atoms with Crippen LogP contribution in [0.2, 0.25) is 0 Å². The van der Waals surface area contributed by atoms with Crippen molar-refractivity contribution in [3.63, 3.8) is 0 Å². The molecule has 2 heterocycles. The van der Waals surface area contributed by atoms with Crippen LogP contribution in [0.5, 0.6) is 0 Å². The number of piperazine rings is 2. The van der Waals surface area contributed by atoms with Gasteiger partial charge in [-0.1, -0.05) is 6.92 Å². The van der Waals surface area contributed by atoms with E-state index in [9.17, 15) is 13.2 Å². The molecule has 126 valence electrons. The van der Waals surface area contributed by atoms with Gasteiger partial charge in [0.2, 0.25) is 5.91 Å². The third-order valence-electron chi connectivity index (χ3n) is 5.09. The molecule has 0 bridgehead atoms. The Labute approximate surface area is 133 Å². The van der Waals surface area contributed by atoms with Crippen LogP contribution < -0.4 is 0 Å². The first-order valence-corrected chi connectivity index (χ1v) is 9.52. The van der Waals surface area contributed by atoms with Gasteiger partial charge in [-0.15, -0.1) is 0 Å². The van der Waals surface area contributed by atoms with E-state index in [1.54, 1.807) is 8.61 Å². The summed E-state index contributed by atoms with van der Waals surface area (Å²) in [6.07, 6.45) is 0.985. The minimum atomic E-state index is -3.37. The van der Waals surface area contributed by atoms with Gasteiger partial charge in [0.1, 0.15) is 0 Å². The summed E-state index contributed by atoms with van der Waals surface area (Å²) in [5.74, 6) is 0.893. The van der Waals surface area contributed by atoms with E-state index in [2.05, 4.69) is 11.8 Å². The molecule has 0 aromatic heterocycles. The number of carbonyl (C=O) groups excluding carboxylic acids is 1. The predicted octanol–water partition coefficient (Wildman–Crippen LogP) is -0.721. The van der Waals surface area contributed by atoms with Crippen LogP contribution in [0, 0.1) is 11.8 Å². The van der Waals surface area contributed by atoms with E-state index in [0.717, 1.165) is 19.5 Å². The highest BCUT2D eigenvalue weighted by Gasteiger charge is 2.43. The van der Waals surface area contributed by atoms with Crippen LogP contribution in [0.3, 0.4) is 0 Å². The van der Waals surface area contributed by atoms with Gasteiger partial charge >= 0.3 is 0 Å². The van der Waals surface area contributed by atoms with E-state index < -0.39 is 10.2 Å². The number of hydrogen-bond acceptors (Lipinski definition) is 4. The van der Waals surface area contributed by atoms with Gasteiger partial charge in [-0.3, -0.25) is 4.79 Å². The summed E-state index contributed by atoms with van der Waals surface area (Å²) in [5, 5.41) is 0. The predicted molar refractivity (Wildman–Crippen MR) is 83.4 cm³/mol. The lowest BCUT2D eigenvalue weighted by Crippen LogP contribution is -2.57. The van der Waals surface area contributed by atoms with Crippen LogP contribution >= 0.6 is 0 Å². The van der Waals surface area contributed by atoms with Gasteiger partial charge in [0.05, 0.1) is 0 Å². The molecule has 0 aromatic carbocycles. The minimum absolute atomic E-state index is 0.181. The lowest BCUT2D eigenvalue weighted by molar-refractivity contribution is -0.134. The van der Waals surface area contributed by atoms with Crippen molar-refractivity contribution in [2.24, 2.45) is 11.8 Å². The maximum atomic E-state index is 12.7. The van der Waals surface area contributed by atoms with Crippen molar-refractivity contribution in [1.29, 1.82) is 0 Å². The van der Waals surface area contributed by atoms with Gasteiger partial charge in [0, 0.05) is 58.3 Å². The molecule has 8 heteroatoms. The van der Waals surface area contributed by atoms with Crippen LogP contribution in [-0.4, -0.2) is 92.1 Å². The lowest BCUT2D eigenvalue weighted by atomic mass is 10.2. The van der Waals surface area contributed by atoms with Crippen molar-refractivity contribution < 1.29 is 13.2 Å². The van der Waals surface area contributed by atoms with Crippen molar-refractivity contribution in [3.8, 4) is 0 Å². The Morgan fingerprint density at radius 1 is 0.909 bits per heavy atom. The molecule has 0 spiro atoms. The maximum Gasteiger partial charge on any atom is 0.282 e. The Bertz CT molecular complexity index is 522. The molecule has 2 atom stereocenters. The number of carbonyl (C=O) groups is 1. The summed E-state index contributed by atoms with van der Waals surface area (Å²) in [5.41, 5.74) is 0. The number of rotatable bonds is 3. The summed E-state index contributed by atoms with van der Waals surface area (Å²) < 4.78 is 28.4. The second kappa shape index (κ2) is 6.07. The Morgan fingerprint density at radius 3 is 1.82 bits per heavy atom. The smallest absolute Gasteiger partial charge is 0.282 e. The number of hydrogen-bond donors (Lipinski definition) is 0. The standard InChI is InChI=1S/C14H26N4O3S/c1-12-11-13(12)14(19)16-5-9-18(10-6-16)22(20,21)17-7-3-15(2)4-8-17/h12-13H,3-11H2,1-2H3/t12-,13-/m0/s1. The normalized spacial score (nSPS) is 32.2. The fourth-order valence-corrected chi connectivity index (χ4v) is 4.80. The SMILES string of the molecule is C[C@H]1C[C@@H]1C(=O)N1CCN(S(=O)(=O)N2CCN(C)CC2)CC1. The molecule has 0 aromatic rings. The Morgan fingerprint density at radius 2 is 1.36 bits per heavy atom. The zero-order valence-electron chi connectivity index (χ0n) is 13.4. The molecule has 3 rings (SSSR count). The summed E-state index contributed by atoms with van der Waals surface area (Å²) in [6.45, 7) is 6.63. The number of likely N-dealkylation sites (N-methyl/N-ethyl adjacent to an activating group) is 1. The first-order chi connectivity index (χ1) is 10.4. The quantitative estimate of drug-likeness (QED) is 0.685. The van der Waals surface area contributed by atoms with E-state index in [0.29, 0.717) is 45.2 Å². The Kier molecular flexibility index (Phi) is 4.46. The topological polar surface area (TPSA) is 64.2 Å². The summed E-state index contributed by atoms with van der Waals surface area (Å²) >= 11 is 0. The maximum absolute atomic E-state index is 12.7. The molecule has 7 nitrogen and oxygen atoms in total. The van der Waals surface area contributed by atoms with Crippen LogP contribution in [0.4, 0.5) is 0 Å². The van der Waals surface area contributed by atoms with E-state index in [1.807, 2.05) is 11.9 Å². The first kappa shape index (κ1) is 16.2. The Balaban J connectivity index is 1.55. The zero-order valence-corrected chi connectivity index (χ0v) is 14.3. The van der Waals surface area contributed by atoms with Gasteiger partial charge in [0.25, 0.3) is 10.2 Å². The highest BCUT2D eigenvalue weighted by molar-refractivity contribution is 7.86. The number of amides is 1. The van der Waals surface area contributed by atoms with E-state index in [4.69, 9.17) is 0 Å². The van der Waals surface area contributed by atoms with Crippen LogP contribution in [0.15, 0.2) is 0 Å². The van der Waals surface area contributed by atoms with E-state index in [1.165, 1.54) is 0 Å². The molecular formula is C14H26N4O3S. The van der Waals surface area contributed by atoms with Crippen molar-refractivity contribution in [2.45, 2.75) is 13.3 Å². The lowest BCUT2D eigenvalue weighted by Gasteiger charge is -2.39. The molecule has 0 N–H and O–H groups in total. The molecule has 3 fully saturated rings.